The molecule has 7 heteroatoms. The summed E-state index contributed by atoms with van der Waals surface area (Å²) < 4.78 is 27.8. The van der Waals surface area contributed by atoms with E-state index in [1.807, 2.05) is 50.4 Å². The minimum absolute atomic E-state index is 0.0487. The van der Waals surface area contributed by atoms with E-state index in [0.717, 1.165) is 53.9 Å². The van der Waals surface area contributed by atoms with Crippen LogP contribution >= 0.6 is 12.1 Å². The zero-order valence-electron chi connectivity index (χ0n) is 39.6. The van der Waals surface area contributed by atoms with E-state index >= 15 is 0 Å². The van der Waals surface area contributed by atoms with Gasteiger partial charge in [-0.05, 0) is 134 Å². The third kappa shape index (κ3) is 11.2. The SMILES string of the molecule is C=C(CCCOc1ccc(-c2nccn2-c2ccccc2C)c(C(C)(C)SF)c1)C(C)(CC(C)(C)CC(c1ccccc1)C(C)(C)C)C(C)CC(C)(C(=O)OC)C(C)(C)C. The Balaban J connectivity index is 1.61. The van der Waals surface area contributed by atoms with Gasteiger partial charge in [-0.2, -0.15) is 3.89 Å². The first-order chi connectivity index (χ1) is 27.8. The molecule has 0 bridgehead atoms. The Morgan fingerprint density at radius 3 is 2.10 bits per heavy atom. The molecule has 4 atom stereocenters. The number of hydrogen-bond donors (Lipinski definition) is 0. The van der Waals surface area contributed by atoms with Gasteiger partial charge in [0.1, 0.15) is 11.6 Å². The van der Waals surface area contributed by atoms with E-state index in [1.165, 1.54) is 18.2 Å². The van der Waals surface area contributed by atoms with Crippen molar-refractivity contribution < 1.29 is 18.2 Å². The van der Waals surface area contributed by atoms with Gasteiger partial charge in [-0.1, -0.05) is 130 Å². The summed E-state index contributed by atoms with van der Waals surface area (Å²) in [6.07, 6.45) is 7.89. The number of benzene rings is 3. The number of aromatic nitrogens is 2. The predicted molar refractivity (Wildman–Crippen MR) is 252 cm³/mol. The van der Waals surface area contributed by atoms with Gasteiger partial charge >= 0.3 is 5.97 Å². The summed E-state index contributed by atoms with van der Waals surface area (Å²) >= 11 is 0.326. The van der Waals surface area contributed by atoms with Crippen molar-refractivity contribution in [2.24, 2.45) is 33.0 Å². The Kier molecular flexibility index (Phi) is 15.5. The van der Waals surface area contributed by atoms with Crippen LogP contribution in [0.25, 0.3) is 17.1 Å². The second-order valence-electron chi connectivity index (χ2n) is 21.2. The number of allylic oxidation sites excluding steroid dienone is 1. The number of esters is 1. The molecule has 1 aromatic heterocycles. The molecule has 0 aliphatic carbocycles. The van der Waals surface area contributed by atoms with Crippen molar-refractivity contribution in [3.05, 3.63) is 114 Å². The monoisotopic (exact) mass is 839 g/mol. The zero-order valence-corrected chi connectivity index (χ0v) is 40.4. The molecule has 0 radical (unpaired) electrons. The molecule has 0 saturated carbocycles. The summed E-state index contributed by atoms with van der Waals surface area (Å²) in [7, 11) is 1.50. The Hall–Kier alpha value is -3.84. The fourth-order valence-electron chi connectivity index (χ4n) is 9.27. The number of aryl methyl sites for hydroxylation is 1. The van der Waals surface area contributed by atoms with E-state index in [-0.39, 0.29) is 33.5 Å². The number of nitrogens with zero attached hydrogens (tertiary/aromatic N) is 2. The van der Waals surface area contributed by atoms with Gasteiger partial charge in [0.25, 0.3) is 0 Å². The maximum Gasteiger partial charge on any atom is 0.312 e. The van der Waals surface area contributed by atoms with Gasteiger partial charge in [0.05, 0.1) is 36.0 Å². The average molecular weight is 839 g/mol. The van der Waals surface area contributed by atoms with Crippen LogP contribution in [0.3, 0.4) is 0 Å². The van der Waals surface area contributed by atoms with Gasteiger partial charge in [0.2, 0.25) is 0 Å². The van der Waals surface area contributed by atoms with Crippen molar-refractivity contribution >= 4 is 18.1 Å². The summed E-state index contributed by atoms with van der Waals surface area (Å²) in [6.45, 7) is 36.2. The Labute approximate surface area is 367 Å². The van der Waals surface area contributed by atoms with E-state index < -0.39 is 10.2 Å². The third-order valence-corrected chi connectivity index (χ3v) is 14.3. The van der Waals surface area contributed by atoms with Crippen molar-refractivity contribution in [1.82, 2.24) is 9.55 Å². The molecule has 328 valence electrons. The summed E-state index contributed by atoms with van der Waals surface area (Å²) in [5, 5.41) is 0. The number of rotatable bonds is 19. The van der Waals surface area contributed by atoms with Crippen LogP contribution in [0.1, 0.15) is 145 Å². The molecule has 3 aromatic carbocycles. The molecule has 5 nitrogen and oxygen atoms in total. The number of hydrogen-bond acceptors (Lipinski definition) is 5. The molecule has 0 saturated heterocycles. The Morgan fingerprint density at radius 2 is 1.52 bits per heavy atom. The molecule has 1 heterocycles. The lowest BCUT2D eigenvalue weighted by atomic mass is 9.55. The Bertz CT molecular complexity index is 2060. The van der Waals surface area contributed by atoms with Crippen molar-refractivity contribution in [2.75, 3.05) is 13.7 Å². The fourth-order valence-corrected chi connectivity index (χ4v) is 9.53. The van der Waals surface area contributed by atoms with E-state index in [4.69, 9.17) is 21.0 Å². The van der Waals surface area contributed by atoms with Gasteiger partial charge in [-0.3, -0.25) is 9.36 Å². The van der Waals surface area contributed by atoms with Gasteiger partial charge < -0.3 is 9.47 Å². The first-order valence-electron chi connectivity index (χ1n) is 21.8. The zero-order chi connectivity index (χ0) is 44.9. The predicted octanol–water partition coefficient (Wildman–Crippen LogP) is 15.3. The topological polar surface area (TPSA) is 53.4 Å². The number of ether oxygens (including phenoxy) is 2. The lowest BCUT2D eigenvalue weighted by Crippen LogP contribution is -2.45. The second-order valence-corrected chi connectivity index (χ2v) is 22.4. The second kappa shape index (κ2) is 19.1. The number of para-hydroxylation sites is 1. The van der Waals surface area contributed by atoms with Crippen LogP contribution in [0, 0.1) is 39.9 Å². The van der Waals surface area contributed by atoms with E-state index in [2.05, 4.69) is 130 Å². The van der Waals surface area contributed by atoms with Crippen molar-refractivity contribution in [3.8, 4) is 22.8 Å². The van der Waals surface area contributed by atoms with Crippen LogP contribution in [0.2, 0.25) is 0 Å². The van der Waals surface area contributed by atoms with Crippen LogP contribution in [0.15, 0.2) is 97.3 Å². The van der Waals surface area contributed by atoms with Crippen LogP contribution in [0.4, 0.5) is 3.89 Å². The number of halogens is 1. The molecule has 0 aliphatic rings. The minimum Gasteiger partial charge on any atom is -0.494 e. The largest absolute Gasteiger partial charge is 0.494 e. The van der Waals surface area contributed by atoms with Crippen LogP contribution in [-0.4, -0.2) is 29.2 Å². The highest BCUT2D eigenvalue weighted by Gasteiger charge is 2.50. The van der Waals surface area contributed by atoms with Crippen molar-refractivity contribution in [3.63, 3.8) is 0 Å². The number of methoxy groups -OCH3 is 1. The fraction of sp³-hybridized carbons (Fsp3) is 0.547. The molecule has 0 N–H and O–H groups in total. The molecule has 0 fully saturated rings. The smallest absolute Gasteiger partial charge is 0.312 e. The standard InChI is InChI=1S/C53H75FN2O3S/c1-37-23-20-21-27-45(37)56-31-30-55-46(56)42-29-28-41(33-43(42)51(12,13)60-54)59-32-22-24-38(2)52(14,39(3)34-53(15,47(57)58-16)49(7,8)9)36-50(10,11)35-44(48(4,5)6)40-25-18-17-19-26-40/h17-21,23,25-31,33,39,44H,2,22,24,32,34-36H2,1,3-16H3. The molecular weight excluding hydrogens is 764 g/mol. The lowest BCUT2D eigenvalue weighted by molar-refractivity contribution is -0.161. The van der Waals surface area contributed by atoms with E-state index in [9.17, 15) is 8.68 Å². The third-order valence-electron chi connectivity index (χ3n) is 13.7. The summed E-state index contributed by atoms with van der Waals surface area (Å²) in [5.74, 6) is 1.78. The van der Waals surface area contributed by atoms with Gasteiger partial charge in [-0.25, -0.2) is 4.98 Å². The lowest BCUT2D eigenvalue weighted by Gasteiger charge is -2.49. The maximum atomic E-state index is 14.6. The quantitative estimate of drug-likeness (QED) is 0.0535. The molecular formula is C53H75FN2O3S. The van der Waals surface area contributed by atoms with Gasteiger partial charge in [-0.15, -0.1) is 0 Å². The highest BCUT2D eigenvalue weighted by atomic mass is 32.2. The highest BCUT2D eigenvalue weighted by Crippen LogP contribution is 2.55. The molecule has 4 aromatic rings. The van der Waals surface area contributed by atoms with Crippen LogP contribution < -0.4 is 4.74 Å². The average Bonchev–Trinajstić information content (AvgIpc) is 3.67. The molecule has 0 spiro atoms. The Morgan fingerprint density at radius 1 is 0.883 bits per heavy atom. The maximum absolute atomic E-state index is 14.6. The van der Waals surface area contributed by atoms with Gasteiger partial charge in [0.15, 0.2) is 0 Å². The normalized spacial score (nSPS) is 15.7. The van der Waals surface area contributed by atoms with Crippen molar-refractivity contribution in [1.29, 1.82) is 0 Å². The first-order valence-corrected chi connectivity index (χ1v) is 22.5. The number of carbonyl (C=O) groups is 1. The summed E-state index contributed by atoms with van der Waals surface area (Å²) in [5.41, 5.74) is 5.11. The molecule has 4 unspecified atom stereocenters. The van der Waals surface area contributed by atoms with Gasteiger partial charge in [0, 0.05) is 23.6 Å². The molecule has 4 rings (SSSR count). The van der Waals surface area contributed by atoms with Crippen LogP contribution in [-0.2, 0) is 14.3 Å². The summed E-state index contributed by atoms with van der Waals surface area (Å²) in [4.78, 5) is 18.3. The van der Waals surface area contributed by atoms with Crippen molar-refractivity contribution in [2.45, 2.75) is 140 Å². The van der Waals surface area contributed by atoms with Crippen LogP contribution in [0.5, 0.6) is 5.75 Å². The molecule has 0 aliphatic heterocycles. The highest BCUT2D eigenvalue weighted by molar-refractivity contribution is 7.95. The molecule has 60 heavy (non-hydrogen) atoms. The molecule has 0 amide bonds. The van der Waals surface area contributed by atoms with E-state index in [1.54, 1.807) is 6.20 Å². The van der Waals surface area contributed by atoms with E-state index in [0.29, 0.717) is 36.8 Å². The number of imidazole rings is 1. The summed E-state index contributed by atoms with van der Waals surface area (Å²) in [6, 6.07) is 25.1. The minimum atomic E-state index is -0.839. The first kappa shape index (κ1) is 48.8. The number of carbonyl (C=O) groups excluding carboxylic acids is 1.